The molecule has 0 atom stereocenters. The average Bonchev–Trinajstić information content (AvgIpc) is 3.15. The van der Waals surface area contributed by atoms with Crippen LogP contribution >= 0.6 is 23.4 Å². The van der Waals surface area contributed by atoms with Gasteiger partial charge in [0.1, 0.15) is 5.75 Å². The van der Waals surface area contributed by atoms with E-state index < -0.39 is 0 Å². The second-order valence-electron chi connectivity index (χ2n) is 6.39. The van der Waals surface area contributed by atoms with Crippen LogP contribution in [-0.4, -0.2) is 34.4 Å². The van der Waals surface area contributed by atoms with Crippen LogP contribution in [0.4, 0.5) is 0 Å². The highest BCUT2D eigenvalue weighted by Gasteiger charge is 2.36. The summed E-state index contributed by atoms with van der Waals surface area (Å²) in [7, 11) is 1.52. The van der Waals surface area contributed by atoms with E-state index in [1.54, 1.807) is 42.5 Å². The lowest BCUT2D eigenvalue weighted by atomic mass is 10.2. The number of aliphatic imine (C=N–C) groups is 1. The van der Waals surface area contributed by atoms with Gasteiger partial charge in [0.15, 0.2) is 5.17 Å². The molecule has 0 N–H and O–H groups in total. The van der Waals surface area contributed by atoms with E-state index in [1.165, 1.54) is 7.11 Å². The molecule has 0 unspecified atom stereocenters. The van der Waals surface area contributed by atoms with E-state index in [0.717, 1.165) is 12.1 Å². The van der Waals surface area contributed by atoms with Crippen molar-refractivity contribution in [2.24, 2.45) is 4.99 Å². The molecular weight excluding hydrogens is 360 g/mol. The first-order valence-electron chi connectivity index (χ1n) is 7.79. The lowest BCUT2D eigenvalue weighted by Gasteiger charge is -2.18. The predicted molar refractivity (Wildman–Crippen MR) is 101 cm³/mol. The molecule has 1 amide bonds. The van der Waals surface area contributed by atoms with E-state index in [4.69, 9.17) is 20.8 Å². The van der Waals surface area contributed by atoms with Crippen molar-refractivity contribution in [1.29, 1.82) is 0 Å². The number of carbonyl (C=O) groups excluding carboxylic acids is 1. The molecule has 7 heteroatoms. The minimum absolute atomic E-state index is 0.0265. The van der Waals surface area contributed by atoms with Gasteiger partial charge in [0.25, 0.3) is 5.91 Å². The van der Waals surface area contributed by atoms with E-state index in [2.05, 4.69) is 23.7 Å². The Bertz CT molecular complexity index is 803. The molecule has 3 rings (SSSR count). The number of carbonyl (C=O) groups is 1. The van der Waals surface area contributed by atoms with Crippen molar-refractivity contribution in [3.63, 3.8) is 0 Å². The highest BCUT2D eigenvalue weighted by Crippen LogP contribution is 2.37. The van der Waals surface area contributed by atoms with Crippen LogP contribution in [0.3, 0.4) is 0 Å². The van der Waals surface area contributed by atoms with E-state index in [9.17, 15) is 4.79 Å². The van der Waals surface area contributed by atoms with E-state index in [1.807, 2.05) is 6.07 Å². The third-order valence-electron chi connectivity index (χ3n) is 3.75. The molecule has 25 heavy (non-hydrogen) atoms. The summed E-state index contributed by atoms with van der Waals surface area (Å²) in [4.78, 5) is 19.1. The largest absolute Gasteiger partial charge is 0.496 e. The Morgan fingerprint density at radius 1 is 1.44 bits per heavy atom. The molecule has 0 spiro atoms. The van der Waals surface area contributed by atoms with Gasteiger partial charge in [-0.25, -0.2) is 0 Å². The number of methoxy groups -OCH3 is 1. The van der Waals surface area contributed by atoms with Crippen LogP contribution in [0.15, 0.2) is 46.2 Å². The first-order valence-corrected chi connectivity index (χ1v) is 8.99. The van der Waals surface area contributed by atoms with Crippen LogP contribution in [0.2, 0.25) is 5.02 Å². The van der Waals surface area contributed by atoms with Crippen LogP contribution in [0, 0.1) is 0 Å². The van der Waals surface area contributed by atoms with Gasteiger partial charge in [0.2, 0.25) is 0 Å². The zero-order valence-electron chi connectivity index (χ0n) is 14.3. The molecule has 1 aromatic carbocycles. The Labute approximate surface area is 156 Å². The highest BCUT2D eigenvalue weighted by molar-refractivity contribution is 8.15. The Hall–Kier alpha value is -1.92. The van der Waals surface area contributed by atoms with Gasteiger partial charge in [-0.1, -0.05) is 23.4 Å². The molecule has 0 aliphatic carbocycles. The quantitative estimate of drug-likeness (QED) is 0.785. The summed E-state index contributed by atoms with van der Waals surface area (Å²) in [6.07, 6.45) is 3.35. The summed E-state index contributed by atoms with van der Waals surface area (Å²) >= 11 is 7.61. The van der Waals surface area contributed by atoms with Gasteiger partial charge in [-0.15, -0.1) is 0 Å². The molecule has 1 saturated heterocycles. The lowest BCUT2D eigenvalue weighted by molar-refractivity contribution is 0.0998. The van der Waals surface area contributed by atoms with Crippen molar-refractivity contribution in [2.75, 3.05) is 13.7 Å². The Kier molecular flexibility index (Phi) is 5.11. The second-order valence-corrected chi connectivity index (χ2v) is 8.50. The van der Waals surface area contributed by atoms with E-state index in [-0.39, 0.29) is 10.7 Å². The first-order chi connectivity index (χ1) is 11.9. The summed E-state index contributed by atoms with van der Waals surface area (Å²) in [6.45, 7) is 5.70. The fraction of sp³-hybridized carbons (Fsp3) is 0.333. The average molecular weight is 379 g/mol. The predicted octanol–water partition coefficient (Wildman–Crippen LogP) is 4.47. The molecule has 132 valence electrons. The Morgan fingerprint density at radius 2 is 2.24 bits per heavy atom. The zero-order valence-corrected chi connectivity index (χ0v) is 15.9. The first kappa shape index (κ1) is 17.9. The molecule has 2 aromatic rings. The third kappa shape index (κ3) is 4.19. The second kappa shape index (κ2) is 7.14. The van der Waals surface area contributed by atoms with Gasteiger partial charge in [0.05, 0.1) is 25.2 Å². The SMILES string of the molecule is COc1ccc(Cl)cc1C(=O)N=C1SC(C)(C)CN1Cc1ccoc1. The summed E-state index contributed by atoms with van der Waals surface area (Å²) in [5.41, 5.74) is 1.40. The number of rotatable bonds is 4. The van der Waals surface area contributed by atoms with Crippen LogP contribution in [0.5, 0.6) is 5.75 Å². The molecule has 1 aliphatic heterocycles. The van der Waals surface area contributed by atoms with Crippen molar-refractivity contribution in [1.82, 2.24) is 4.90 Å². The summed E-state index contributed by atoms with van der Waals surface area (Å²) in [5, 5.41) is 1.16. The lowest BCUT2D eigenvalue weighted by Crippen LogP contribution is -2.28. The van der Waals surface area contributed by atoms with Crippen molar-refractivity contribution in [3.05, 3.63) is 52.9 Å². The topological polar surface area (TPSA) is 55.0 Å². The fourth-order valence-corrected chi connectivity index (χ4v) is 3.96. The van der Waals surface area contributed by atoms with Crippen LogP contribution in [0.25, 0.3) is 0 Å². The summed E-state index contributed by atoms with van der Waals surface area (Å²) in [5.74, 6) is 0.0964. The van der Waals surface area contributed by atoms with Gasteiger partial charge in [0, 0.05) is 28.4 Å². The minimum Gasteiger partial charge on any atom is -0.496 e. The van der Waals surface area contributed by atoms with Crippen molar-refractivity contribution in [2.45, 2.75) is 25.1 Å². The number of thioether (sulfide) groups is 1. The number of hydrogen-bond donors (Lipinski definition) is 0. The van der Waals surface area contributed by atoms with Gasteiger partial charge in [-0.2, -0.15) is 4.99 Å². The normalized spacial score (nSPS) is 17.9. The summed E-state index contributed by atoms with van der Waals surface area (Å²) < 4.78 is 10.4. The van der Waals surface area contributed by atoms with Crippen LogP contribution in [-0.2, 0) is 6.54 Å². The standard InChI is InChI=1S/C18H19ClN2O3S/c1-18(2)11-21(9-12-6-7-24-10-12)17(25-18)20-16(22)14-8-13(19)4-5-15(14)23-3/h4-8,10H,9,11H2,1-3H3. The van der Waals surface area contributed by atoms with E-state index in [0.29, 0.717) is 28.0 Å². The molecule has 2 heterocycles. The van der Waals surface area contributed by atoms with Crippen LogP contribution in [0.1, 0.15) is 29.8 Å². The molecular formula is C18H19ClN2O3S. The maximum absolute atomic E-state index is 12.7. The van der Waals surface area contributed by atoms with Crippen molar-refractivity contribution in [3.8, 4) is 5.75 Å². The Morgan fingerprint density at radius 3 is 2.92 bits per heavy atom. The number of ether oxygens (including phenoxy) is 1. The molecule has 0 radical (unpaired) electrons. The van der Waals surface area contributed by atoms with Gasteiger partial charge in [-0.05, 0) is 38.1 Å². The third-order valence-corrected chi connectivity index (χ3v) is 5.20. The molecule has 1 aliphatic rings. The molecule has 0 bridgehead atoms. The number of furan rings is 1. The van der Waals surface area contributed by atoms with Crippen LogP contribution < -0.4 is 4.74 Å². The molecule has 1 fully saturated rings. The summed E-state index contributed by atoms with van der Waals surface area (Å²) in [6, 6.07) is 6.85. The number of nitrogens with zero attached hydrogens (tertiary/aromatic N) is 2. The highest BCUT2D eigenvalue weighted by atomic mass is 35.5. The number of halogens is 1. The number of amidine groups is 1. The number of amides is 1. The minimum atomic E-state index is -0.364. The van der Waals surface area contributed by atoms with Crippen molar-refractivity contribution < 1.29 is 13.9 Å². The zero-order chi connectivity index (χ0) is 18.0. The smallest absolute Gasteiger partial charge is 0.283 e. The fourth-order valence-electron chi connectivity index (χ4n) is 2.69. The number of benzene rings is 1. The van der Waals surface area contributed by atoms with Gasteiger partial charge >= 0.3 is 0 Å². The Balaban J connectivity index is 1.89. The maximum atomic E-state index is 12.7. The van der Waals surface area contributed by atoms with Crippen molar-refractivity contribution >= 4 is 34.4 Å². The van der Waals surface area contributed by atoms with Gasteiger partial charge < -0.3 is 14.1 Å². The number of hydrogen-bond acceptors (Lipinski definition) is 4. The molecule has 0 saturated carbocycles. The van der Waals surface area contributed by atoms with E-state index >= 15 is 0 Å². The van der Waals surface area contributed by atoms with Gasteiger partial charge in [-0.3, -0.25) is 4.79 Å². The monoisotopic (exact) mass is 378 g/mol. The maximum Gasteiger partial charge on any atom is 0.283 e. The molecule has 5 nitrogen and oxygen atoms in total. The molecule has 1 aromatic heterocycles.